The summed E-state index contributed by atoms with van der Waals surface area (Å²) >= 11 is 1.52. The van der Waals surface area contributed by atoms with Crippen molar-refractivity contribution in [1.29, 1.82) is 0 Å². The molecule has 1 aromatic carbocycles. The Bertz CT molecular complexity index is 719. The zero-order valence-corrected chi connectivity index (χ0v) is 15.4. The first kappa shape index (κ1) is 17.1. The molecule has 1 N–H and O–H groups in total. The summed E-state index contributed by atoms with van der Waals surface area (Å²) < 4.78 is 2.07. The fraction of sp³-hybridized carbons (Fsp3) is 0.474. The minimum atomic E-state index is -0.155. The molecule has 3 rings (SSSR count). The van der Waals surface area contributed by atoms with E-state index in [2.05, 4.69) is 46.9 Å². The van der Waals surface area contributed by atoms with E-state index in [4.69, 9.17) is 0 Å². The molecule has 1 atom stereocenters. The van der Waals surface area contributed by atoms with Crippen LogP contribution in [-0.2, 0) is 4.79 Å². The Morgan fingerprint density at radius 3 is 2.79 bits per heavy atom. The summed E-state index contributed by atoms with van der Waals surface area (Å²) in [5.41, 5.74) is 3.57. The Kier molecular flexibility index (Phi) is 5.29. The average molecular weight is 343 g/mol. The summed E-state index contributed by atoms with van der Waals surface area (Å²) in [4.78, 5) is 16.9. The van der Waals surface area contributed by atoms with Crippen molar-refractivity contribution in [2.75, 3.05) is 0 Å². The van der Waals surface area contributed by atoms with E-state index in [1.807, 2.05) is 13.1 Å². The van der Waals surface area contributed by atoms with E-state index >= 15 is 0 Å². The van der Waals surface area contributed by atoms with Crippen molar-refractivity contribution in [2.24, 2.45) is 0 Å². The highest BCUT2D eigenvalue weighted by atomic mass is 32.2. The number of aryl methyl sites for hydroxylation is 2. The van der Waals surface area contributed by atoms with E-state index < -0.39 is 0 Å². The van der Waals surface area contributed by atoms with Gasteiger partial charge in [0.1, 0.15) is 0 Å². The van der Waals surface area contributed by atoms with Gasteiger partial charge in [-0.25, -0.2) is 4.98 Å². The second kappa shape index (κ2) is 7.43. The molecule has 128 valence electrons. The highest BCUT2D eigenvalue weighted by Gasteiger charge is 2.22. The number of benzene rings is 1. The van der Waals surface area contributed by atoms with Crippen LogP contribution in [0.2, 0.25) is 0 Å². The summed E-state index contributed by atoms with van der Waals surface area (Å²) in [5.74, 6) is 0.113. The Balaban J connectivity index is 1.71. The van der Waals surface area contributed by atoms with Crippen LogP contribution in [0, 0.1) is 13.8 Å². The topological polar surface area (TPSA) is 46.9 Å². The van der Waals surface area contributed by atoms with Gasteiger partial charge in [-0.15, -0.1) is 0 Å². The Labute approximate surface area is 148 Å². The molecule has 1 aliphatic rings. The lowest BCUT2D eigenvalue weighted by molar-refractivity contribution is -0.120. The van der Waals surface area contributed by atoms with Gasteiger partial charge in [-0.3, -0.25) is 9.36 Å². The molecule has 1 aliphatic carbocycles. The fourth-order valence-electron chi connectivity index (χ4n) is 3.24. The zero-order chi connectivity index (χ0) is 17.1. The molecular weight excluding hydrogens is 318 g/mol. The van der Waals surface area contributed by atoms with Crippen LogP contribution in [0.5, 0.6) is 0 Å². The molecule has 5 heteroatoms. The lowest BCUT2D eigenvalue weighted by Crippen LogP contribution is -2.37. The Morgan fingerprint density at radius 2 is 2.08 bits per heavy atom. The van der Waals surface area contributed by atoms with Gasteiger partial charge in [0.25, 0.3) is 0 Å². The zero-order valence-electron chi connectivity index (χ0n) is 14.6. The predicted octanol–water partition coefficient (Wildman–Crippen LogP) is 4.03. The number of imidazole rings is 1. The lowest BCUT2D eigenvalue weighted by Gasteiger charge is -2.17. The van der Waals surface area contributed by atoms with E-state index in [0.29, 0.717) is 6.04 Å². The molecule has 1 fully saturated rings. The van der Waals surface area contributed by atoms with Crippen LogP contribution >= 0.6 is 11.8 Å². The van der Waals surface area contributed by atoms with Crippen LogP contribution < -0.4 is 5.32 Å². The molecule has 0 unspecified atom stereocenters. The Hall–Kier alpha value is -1.75. The molecule has 2 aromatic rings. The minimum Gasteiger partial charge on any atom is -0.352 e. The van der Waals surface area contributed by atoms with Crippen molar-refractivity contribution in [3.05, 3.63) is 41.7 Å². The number of nitrogens with one attached hydrogen (secondary N) is 1. The van der Waals surface area contributed by atoms with Gasteiger partial charge in [-0.1, -0.05) is 42.3 Å². The second-order valence-electron chi connectivity index (χ2n) is 6.62. The molecule has 1 amide bonds. The number of thioether (sulfide) groups is 1. The summed E-state index contributed by atoms with van der Waals surface area (Å²) in [5, 5.41) is 3.87. The number of hydrogen-bond acceptors (Lipinski definition) is 3. The van der Waals surface area contributed by atoms with Crippen molar-refractivity contribution in [1.82, 2.24) is 14.9 Å². The predicted molar refractivity (Wildman–Crippen MR) is 98.8 cm³/mol. The first-order valence-electron chi connectivity index (χ1n) is 8.62. The summed E-state index contributed by atoms with van der Waals surface area (Å²) in [7, 11) is 0. The number of hydrogen-bond donors (Lipinski definition) is 1. The van der Waals surface area contributed by atoms with Gasteiger partial charge in [0.15, 0.2) is 5.16 Å². The smallest absolute Gasteiger partial charge is 0.233 e. The van der Waals surface area contributed by atoms with Gasteiger partial charge in [0.2, 0.25) is 5.91 Å². The third-order valence-electron chi connectivity index (χ3n) is 4.57. The first-order chi connectivity index (χ1) is 11.5. The van der Waals surface area contributed by atoms with E-state index in [1.165, 1.54) is 35.7 Å². The van der Waals surface area contributed by atoms with Gasteiger partial charge in [-0.05, 0) is 45.2 Å². The van der Waals surface area contributed by atoms with E-state index in [1.54, 1.807) is 6.20 Å². The number of amides is 1. The maximum atomic E-state index is 12.4. The van der Waals surface area contributed by atoms with Crippen LogP contribution in [0.4, 0.5) is 0 Å². The van der Waals surface area contributed by atoms with Crippen LogP contribution in [0.1, 0.15) is 43.7 Å². The van der Waals surface area contributed by atoms with Crippen molar-refractivity contribution in [3.8, 4) is 5.69 Å². The third kappa shape index (κ3) is 3.83. The van der Waals surface area contributed by atoms with E-state index in [9.17, 15) is 4.79 Å². The number of rotatable bonds is 5. The standard InChI is InChI=1S/C19H25N3OS/c1-13-8-9-17(14(2)12-13)22-11-10-20-19(22)24-15(3)18(23)21-16-6-4-5-7-16/h8-12,15-16H,4-7H2,1-3H3,(H,21,23)/t15-/m0/s1. The van der Waals surface area contributed by atoms with Gasteiger partial charge in [-0.2, -0.15) is 0 Å². The SMILES string of the molecule is Cc1ccc(-n2ccnc2S[C@@H](C)C(=O)NC2CCCC2)c(C)c1. The lowest BCUT2D eigenvalue weighted by atomic mass is 10.1. The van der Waals surface area contributed by atoms with Crippen LogP contribution in [0.25, 0.3) is 5.69 Å². The molecule has 1 saturated carbocycles. The molecule has 4 nitrogen and oxygen atoms in total. The second-order valence-corrected chi connectivity index (χ2v) is 7.93. The highest BCUT2D eigenvalue weighted by Crippen LogP contribution is 2.27. The summed E-state index contributed by atoms with van der Waals surface area (Å²) in [6.45, 7) is 6.15. The molecule has 0 radical (unpaired) electrons. The highest BCUT2D eigenvalue weighted by molar-refractivity contribution is 8.00. The maximum Gasteiger partial charge on any atom is 0.233 e. The largest absolute Gasteiger partial charge is 0.352 e. The van der Waals surface area contributed by atoms with Crippen molar-refractivity contribution in [3.63, 3.8) is 0 Å². The molecule has 0 bridgehead atoms. The van der Waals surface area contributed by atoms with E-state index in [0.717, 1.165) is 23.7 Å². The maximum absolute atomic E-state index is 12.4. The molecule has 0 aliphatic heterocycles. The number of carbonyl (C=O) groups is 1. The fourth-order valence-corrected chi connectivity index (χ4v) is 4.12. The average Bonchev–Trinajstić information content (AvgIpc) is 3.19. The molecule has 0 spiro atoms. The Morgan fingerprint density at radius 1 is 1.33 bits per heavy atom. The molecular formula is C19H25N3OS. The molecule has 24 heavy (non-hydrogen) atoms. The normalized spacial score (nSPS) is 16.3. The molecule has 1 heterocycles. The van der Waals surface area contributed by atoms with Gasteiger partial charge in [0.05, 0.1) is 10.9 Å². The van der Waals surface area contributed by atoms with Gasteiger partial charge >= 0.3 is 0 Å². The summed E-state index contributed by atoms with van der Waals surface area (Å²) in [6, 6.07) is 6.74. The van der Waals surface area contributed by atoms with Crippen LogP contribution in [0.3, 0.4) is 0 Å². The molecule has 1 aromatic heterocycles. The van der Waals surface area contributed by atoms with Crippen molar-refractivity contribution >= 4 is 17.7 Å². The number of aromatic nitrogens is 2. The number of nitrogens with zero attached hydrogens (tertiary/aromatic N) is 2. The van der Waals surface area contributed by atoms with Crippen LogP contribution in [0.15, 0.2) is 35.7 Å². The monoisotopic (exact) mass is 343 g/mol. The third-order valence-corrected chi connectivity index (χ3v) is 5.65. The van der Waals surface area contributed by atoms with E-state index in [-0.39, 0.29) is 11.2 Å². The van der Waals surface area contributed by atoms with Crippen molar-refractivity contribution < 1.29 is 4.79 Å². The molecule has 0 saturated heterocycles. The van der Waals surface area contributed by atoms with Crippen LogP contribution in [-0.4, -0.2) is 26.8 Å². The quantitative estimate of drug-likeness (QED) is 0.834. The summed E-state index contributed by atoms with van der Waals surface area (Å²) in [6.07, 6.45) is 8.43. The first-order valence-corrected chi connectivity index (χ1v) is 9.50. The minimum absolute atomic E-state index is 0.113. The van der Waals surface area contributed by atoms with Crippen molar-refractivity contribution in [2.45, 2.75) is 62.9 Å². The number of carbonyl (C=O) groups excluding carboxylic acids is 1. The van der Waals surface area contributed by atoms with Gasteiger partial charge in [0, 0.05) is 18.4 Å². The van der Waals surface area contributed by atoms with Gasteiger partial charge < -0.3 is 5.32 Å².